The molecule has 1 aromatic carbocycles. The molecule has 0 radical (unpaired) electrons. The lowest BCUT2D eigenvalue weighted by Crippen LogP contribution is -2.06. The van der Waals surface area contributed by atoms with E-state index in [0.717, 1.165) is 16.6 Å². The molecule has 2 rings (SSSR count). The van der Waals surface area contributed by atoms with Gasteiger partial charge in [-0.05, 0) is 18.2 Å². The molecule has 0 aliphatic carbocycles. The van der Waals surface area contributed by atoms with Gasteiger partial charge in [-0.3, -0.25) is 10.5 Å². The summed E-state index contributed by atoms with van der Waals surface area (Å²) in [6, 6.07) is 5.86. The highest BCUT2D eigenvalue weighted by Gasteiger charge is 1.98. The van der Waals surface area contributed by atoms with Gasteiger partial charge in [0.05, 0.1) is 17.4 Å². The number of benzene rings is 1. The maximum atomic E-state index is 5.28. The minimum atomic E-state index is 0.895. The Bertz CT molecular complexity index is 404. The van der Waals surface area contributed by atoms with Crippen molar-refractivity contribution < 1.29 is 0 Å². The number of nitrogens with one attached hydrogen (secondary N) is 1. The van der Waals surface area contributed by atoms with Gasteiger partial charge in [0.2, 0.25) is 0 Å². The number of aryl methyl sites for hydroxylation is 1. The van der Waals surface area contributed by atoms with Gasteiger partial charge in [-0.2, -0.15) is 5.10 Å². The number of nitrogens with two attached hydrogens (primary N) is 1. The van der Waals surface area contributed by atoms with Gasteiger partial charge in [0, 0.05) is 12.4 Å². The van der Waals surface area contributed by atoms with Gasteiger partial charge in [0.15, 0.2) is 0 Å². The number of anilines is 1. The number of rotatable bonds is 1. The van der Waals surface area contributed by atoms with Crippen molar-refractivity contribution in [1.82, 2.24) is 9.78 Å². The summed E-state index contributed by atoms with van der Waals surface area (Å²) in [4.78, 5) is 0. The third-order valence-electron chi connectivity index (χ3n) is 1.92. The smallest absolute Gasteiger partial charge is 0.0700 e. The fourth-order valence-electron chi connectivity index (χ4n) is 1.23. The van der Waals surface area contributed by atoms with Gasteiger partial charge in [0.1, 0.15) is 0 Å². The highest BCUT2D eigenvalue weighted by Crippen LogP contribution is 2.16. The van der Waals surface area contributed by atoms with Crippen LogP contribution in [0.4, 0.5) is 5.69 Å². The first-order valence-corrected chi connectivity index (χ1v) is 3.69. The third-order valence-corrected chi connectivity index (χ3v) is 1.92. The second-order valence-electron chi connectivity index (χ2n) is 2.69. The van der Waals surface area contributed by atoms with Crippen molar-refractivity contribution >= 4 is 16.6 Å². The van der Waals surface area contributed by atoms with Crippen LogP contribution in [0.1, 0.15) is 0 Å². The molecule has 1 heterocycles. The van der Waals surface area contributed by atoms with Crippen LogP contribution in [0.15, 0.2) is 24.4 Å². The molecule has 0 amide bonds. The largest absolute Gasteiger partial charge is 0.324 e. The first-order valence-electron chi connectivity index (χ1n) is 3.69. The zero-order valence-corrected chi connectivity index (χ0v) is 6.78. The SMILES string of the molecule is Cn1ncc2ccc(NN)cc21. The first-order chi connectivity index (χ1) is 5.81. The summed E-state index contributed by atoms with van der Waals surface area (Å²) < 4.78 is 1.82. The molecule has 0 spiro atoms. The summed E-state index contributed by atoms with van der Waals surface area (Å²) in [5, 5.41) is 5.24. The fourth-order valence-corrected chi connectivity index (χ4v) is 1.23. The standard InChI is InChI=1S/C8H10N4/c1-12-8-4-7(11-9)3-2-6(8)5-10-12/h2-5,11H,9H2,1H3. The summed E-state index contributed by atoms with van der Waals surface area (Å²) >= 11 is 0. The lowest BCUT2D eigenvalue weighted by Gasteiger charge is -1.99. The van der Waals surface area contributed by atoms with Crippen molar-refractivity contribution in [1.29, 1.82) is 0 Å². The number of hydrazine groups is 1. The van der Waals surface area contributed by atoms with Crippen molar-refractivity contribution in [2.75, 3.05) is 5.43 Å². The highest BCUT2D eigenvalue weighted by molar-refractivity contribution is 5.82. The molecule has 62 valence electrons. The average molecular weight is 162 g/mol. The molecule has 3 N–H and O–H groups in total. The molecule has 0 aliphatic heterocycles. The van der Waals surface area contributed by atoms with Crippen molar-refractivity contribution in [2.45, 2.75) is 0 Å². The van der Waals surface area contributed by atoms with Gasteiger partial charge in [-0.25, -0.2) is 0 Å². The molecule has 0 saturated heterocycles. The minimum Gasteiger partial charge on any atom is -0.324 e. The van der Waals surface area contributed by atoms with Crippen LogP contribution in [0.25, 0.3) is 10.9 Å². The Morgan fingerprint density at radius 3 is 3.08 bits per heavy atom. The normalized spacial score (nSPS) is 10.5. The number of fused-ring (bicyclic) bond motifs is 1. The Morgan fingerprint density at radius 1 is 1.50 bits per heavy atom. The van der Waals surface area contributed by atoms with E-state index in [1.807, 2.05) is 36.1 Å². The molecule has 1 aromatic heterocycles. The summed E-state index contributed by atoms with van der Waals surface area (Å²) in [7, 11) is 1.91. The van der Waals surface area contributed by atoms with Gasteiger partial charge >= 0.3 is 0 Å². The molecule has 0 fully saturated rings. The van der Waals surface area contributed by atoms with Crippen molar-refractivity contribution in [2.24, 2.45) is 12.9 Å². The van der Waals surface area contributed by atoms with Crippen LogP contribution < -0.4 is 11.3 Å². The van der Waals surface area contributed by atoms with Gasteiger partial charge in [-0.1, -0.05) is 0 Å². The Balaban J connectivity index is 2.71. The maximum absolute atomic E-state index is 5.28. The Morgan fingerprint density at radius 2 is 2.33 bits per heavy atom. The van der Waals surface area contributed by atoms with E-state index in [2.05, 4.69) is 10.5 Å². The topological polar surface area (TPSA) is 55.9 Å². The van der Waals surface area contributed by atoms with Crippen molar-refractivity contribution in [3.63, 3.8) is 0 Å². The zero-order valence-electron chi connectivity index (χ0n) is 6.78. The van der Waals surface area contributed by atoms with Crippen molar-refractivity contribution in [3.05, 3.63) is 24.4 Å². The Hall–Kier alpha value is -1.55. The maximum Gasteiger partial charge on any atom is 0.0700 e. The molecular weight excluding hydrogens is 152 g/mol. The van der Waals surface area contributed by atoms with Crippen molar-refractivity contribution in [3.8, 4) is 0 Å². The van der Waals surface area contributed by atoms with E-state index >= 15 is 0 Å². The molecule has 0 bridgehead atoms. The quantitative estimate of drug-likeness (QED) is 0.483. The van der Waals surface area contributed by atoms with E-state index < -0.39 is 0 Å². The number of hydrogen-bond donors (Lipinski definition) is 2. The monoisotopic (exact) mass is 162 g/mol. The highest BCUT2D eigenvalue weighted by atomic mass is 15.3. The summed E-state index contributed by atoms with van der Waals surface area (Å²) in [5.41, 5.74) is 4.56. The van der Waals surface area contributed by atoms with Gasteiger partial charge in [0.25, 0.3) is 0 Å². The summed E-state index contributed by atoms with van der Waals surface area (Å²) in [6.45, 7) is 0. The second kappa shape index (κ2) is 2.49. The van der Waals surface area contributed by atoms with Crippen LogP contribution in [0.3, 0.4) is 0 Å². The number of aromatic nitrogens is 2. The molecular formula is C8H10N4. The molecule has 0 aliphatic rings. The minimum absolute atomic E-state index is 0.895. The predicted octanol–water partition coefficient (Wildman–Crippen LogP) is 0.859. The first kappa shape index (κ1) is 7.12. The van der Waals surface area contributed by atoms with Crippen LogP contribution in [-0.2, 0) is 7.05 Å². The predicted molar refractivity (Wildman–Crippen MR) is 48.5 cm³/mol. The number of nitrogens with zero attached hydrogens (tertiary/aromatic N) is 2. The van der Waals surface area contributed by atoms with Gasteiger partial charge < -0.3 is 5.43 Å². The fraction of sp³-hybridized carbons (Fsp3) is 0.125. The number of nitrogen functional groups attached to an aromatic ring is 1. The molecule has 12 heavy (non-hydrogen) atoms. The lowest BCUT2D eigenvalue weighted by atomic mass is 10.2. The summed E-state index contributed by atoms with van der Waals surface area (Å²) in [5.74, 6) is 5.28. The van der Waals surface area contributed by atoms with Gasteiger partial charge in [-0.15, -0.1) is 0 Å². The molecule has 2 aromatic rings. The van der Waals surface area contributed by atoms with E-state index in [1.165, 1.54) is 0 Å². The molecule has 4 nitrogen and oxygen atoms in total. The van der Waals surface area contributed by atoms with Crippen LogP contribution in [0, 0.1) is 0 Å². The zero-order chi connectivity index (χ0) is 8.55. The van der Waals surface area contributed by atoms with E-state index in [1.54, 1.807) is 0 Å². The van der Waals surface area contributed by atoms with E-state index in [0.29, 0.717) is 0 Å². The average Bonchev–Trinajstić information content (AvgIpc) is 2.47. The number of hydrogen-bond acceptors (Lipinski definition) is 3. The van der Waals surface area contributed by atoms with Crippen LogP contribution >= 0.6 is 0 Å². The third kappa shape index (κ3) is 0.931. The lowest BCUT2D eigenvalue weighted by molar-refractivity contribution is 0.797. The molecule has 4 heteroatoms. The van der Waals surface area contributed by atoms with Crippen LogP contribution in [-0.4, -0.2) is 9.78 Å². The van der Waals surface area contributed by atoms with E-state index in [-0.39, 0.29) is 0 Å². The van der Waals surface area contributed by atoms with Crippen LogP contribution in [0.2, 0.25) is 0 Å². The Kier molecular flexibility index (Phi) is 1.48. The molecule has 0 atom stereocenters. The van der Waals surface area contributed by atoms with E-state index in [9.17, 15) is 0 Å². The Labute approximate surface area is 69.9 Å². The molecule has 0 saturated carbocycles. The second-order valence-corrected chi connectivity index (χ2v) is 2.69. The van der Waals surface area contributed by atoms with E-state index in [4.69, 9.17) is 5.84 Å². The molecule has 0 unspecified atom stereocenters. The van der Waals surface area contributed by atoms with Crippen LogP contribution in [0.5, 0.6) is 0 Å². The summed E-state index contributed by atoms with van der Waals surface area (Å²) in [6.07, 6.45) is 1.83.